The summed E-state index contributed by atoms with van der Waals surface area (Å²) in [5.74, 6) is 0.765. The highest BCUT2D eigenvalue weighted by molar-refractivity contribution is 7.96. The van der Waals surface area contributed by atoms with E-state index in [2.05, 4.69) is 64.9 Å². The molecule has 5 rings (SSSR count). The highest BCUT2D eigenvalue weighted by atomic mass is 32.2. The van der Waals surface area contributed by atoms with Gasteiger partial charge in [0.15, 0.2) is 11.9 Å². The Morgan fingerprint density at radius 1 is 1.09 bits per heavy atom. The summed E-state index contributed by atoms with van der Waals surface area (Å²) in [4.78, 5) is 25.2. The fourth-order valence-corrected chi connectivity index (χ4v) is 6.10. The van der Waals surface area contributed by atoms with Crippen LogP contribution in [0.15, 0.2) is 42.7 Å². The van der Waals surface area contributed by atoms with Crippen molar-refractivity contribution in [1.82, 2.24) is 18.8 Å². The number of benzene rings is 2. The van der Waals surface area contributed by atoms with Crippen molar-refractivity contribution in [3.8, 4) is 16.9 Å². The Morgan fingerprint density at radius 3 is 2.39 bits per heavy atom. The van der Waals surface area contributed by atoms with Gasteiger partial charge in [-0.2, -0.15) is 0 Å². The first kappa shape index (κ1) is 31.8. The van der Waals surface area contributed by atoms with Gasteiger partial charge >= 0.3 is 5.97 Å². The fraction of sp³-hybridized carbons (Fsp3) is 0.441. The number of aryl methyl sites for hydroxylation is 2. The monoisotopic (exact) mass is 617 g/mol. The Hall–Kier alpha value is -3.60. The highest BCUT2D eigenvalue weighted by Crippen LogP contribution is 2.49. The van der Waals surface area contributed by atoms with E-state index >= 15 is 0 Å². The smallest absolute Gasteiger partial charge is 0.339 e. The molecule has 0 amide bonds. The molecule has 234 valence electrons. The molecule has 0 N–H and O–H groups in total. The number of carbonyl (C=O) groups excluding carboxylic acids is 1. The molecule has 44 heavy (non-hydrogen) atoms. The molecule has 0 bridgehead atoms. The van der Waals surface area contributed by atoms with Crippen LogP contribution in [0.25, 0.3) is 22.0 Å². The van der Waals surface area contributed by atoms with Gasteiger partial charge in [-0.25, -0.2) is 14.8 Å². The van der Waals surface area contributed by atoms with Crippen molar-refractivity contribution < 1.29 is 19.0 Å². The molecule has 1 atom stereocenters. The van der Waals surface area contributed by atoms with E-state index in [-0.39, 0.29) is 0 Å². The van der Waals surface area contributed by atoms with Crippen LogP contribution in [0, 0.1) is 20.8 Å². The van der Waals surface area contributed by atoms with Crippen molar-refractivity contribution >= 4 is 40.5 Å². The fourth-order valence-electron chi connectivity index (χ4n) is 5.84. The first-order valence-corrected chi connectivity index (χ1v) is 16.1. The average Bonchev–Trinajstić information content (AvgIpc) is 3.33. The largest absolute Gasteiger partial charge is 0.489 e. The van der Waals surface area contributed by atoms with E-state index in [0.717, 1.165) is 63.2 Å². The third-order valence-corrected chi connectivity index (χ3v) is 8.78. The van der Waals surface area contributed by atoms with Gasteiger partial charge in [-0.15, -0.1) is 0 Å². The maximum Gasteiger partial charge on any atom is 0.339 e. The van der Waals surface area contributed by atoms with E-state index in [1.165, 1.54) is 7.11 Å². The second-order valence-electron chi connectivity index (χ2n) is 12.2. The Balaban J connectivity index is 1.71. The van der Waals surface area contributed by atoms with Crippen molar-refractivity contribution in [2.24, 2.45) is 0 Å². The van der Waals surface area contributed by atoms with Crippen LogP contribution in [0.5, 0.6) is 5.75 Å². The number of nitrogens with zero attached hydrogens (tertiary/aromatic N) is 5. The third kappa shape index (κ3) is 6.29. The summed E-state index contributed by atoms with van der Waals surface area (Å²) in [5, 5.41) is 1.05. The molecule has 2 aromatic carbocycles. The zero-order valence-corrected chi connectivity index (χ0v) is 28.0. The molecule has 10 heteroatoms. The quantitative estimate of drug-likeness (QED) is 0.141. The third-order valence-electron chi connectivity index (χ3n) is 7.97. The molecule has 0 unspecified atom stereocenters. The van der Waals surface area contributed by atoms with Gasteiger partial charge in [0.1, 0.15) is 6.61 Å². The Kier molecular flexibility index (Phi) is 9.25. The van der Waals surface area contributed by atoms with E-state index in [9.17, 15) is 4.79 Å². The number of methoxy groups -OCH3 is 1. The summed E-state index contributed by atoms with van der Waals surface area (Å²) in [7, 11) is 3.44. The summed E-state index contributed by atoms with van der Waals surface area (Å²) in [6.45, 7) is 14.9. The summed E-state index contributed by atoms with van der Waals surface area (Å²) < 4.78 is 22.2. The second-order valence-corrected chi connectivity index (χ2v) is 13.2. The maximum atomic E-state index is 13.5. The van der Waals surface area contributed by atoms with Crippen LogP contribution in [-0.4, -0.2) is 70.5 Å². The maximum absolute atomic E-state index is 13.5. The predicted molar refractivity (Wildman–Crippen MR) is 178 cm³/mol. The molecule has 0 saturated carbocycles. The molecule has 2 aromatic heterocycles. The van der Waals surface area contributed by atoms with Gasteiger partial charge in [-0.05, 0) is 77.6 Å². The van der Waals surface area contributed by atoms with Crippen LogP contribution < -0.4 is 9.64 Å². The van der Waals surface area contributed by atoms with Crippen LogP contribution in [0.3, 0.4) is 0 Å². The first-order chi connectivity index (χ1) is 20.9. The van der Waals surface area contributed by atoms with Crippen LogP contribution >= 0.6 is 11.9 Å². The molecule has 1 aliphatic rings. The van der Waals surface area contributed by atoms with E-state index in [0.29, 0.717) is 24.8 Å². The molecule has 3 heterocycles. The van der Waals surface area contributed by atoms with Crippen LogP contribution in [0.2, 0.25) is 0 Å². The molecule has 9 nitrogen and oxygen atoms in total. The van der Waals surface area contributed by atoms with Gasteiger partial charge in [0.2, 0.25) is 5.95 Å². The predicted octanol–water partition coefficient (Wildman–Crippen LogP) is 6.79. The summed E-state index contributed by atoms with van der Waals surface area (Å²) in [6.07, 6.45) is 4.55. The van der Waals surface area contributed by atoms with Crippen molar-refractivity contribution in [3.05, 3.63) is 65.1 Å². The van der Waals surface area contributed by atoms with Crippen LogP contribution in [0.1, 0.15) is 49.3 Å². The SMILES string of the molecule is COC(=O)[C@@H](OC(C)(C)C)c1c(C)c2c3c(cc(C)n3CCN2c2ncc(OCCN(C)SC)cn2)c1-c1ccc(C)cc1. The van der Waals surface area contributed by atoms with E-state index in [1.54, 1.807) is 24.3 Å². The van der Waals surface area contributed by atoms with Crippen LogP contribution in [0.4, 0.5) is 11.6 Å². The van der Waals surface area contributed by atoms with Gasteiger partial charge in [-0.3, -0.25) is 4.31 Å². The average molecular weight is 618 g/mol. The molecular formula is C34H43N5O4S. The number of ether oxygens (including phenoxy) is 3. The Bertz CT molecular complexity index is 1640. The zero-order valence-electron chi connectivity index (χ0n) is 27.2. The van der Waals surface area contributed by atoms with Crippen LogP contribution in [-0.2, 0) is 20.8 Å². The van der Waals surface area contributed by atoms with Crippen molar-refractivity contribution in [2.75, 3.05) is 45.0 Å². The number of esters is 1. The second kappa shape index (κ2) is 12.8. The Morgan fingerprint density at radius 2 is 1.77 bits per heavy atom. The van der Waals surface area contributed by atoms with Crippen molar-refractivity contribution in [3.63, 3.8) is 0 Å². The van der Waals surface area contributed by atoms with Gasteiger partial charge in [0.25, 0.3) is 0 Å². The topological polar surface area (TPSA) is 82.0 Å². The van der Waals surface area contributed by atoms with Gasteiger partial charge in [0, 0.05) is 36.3 Å². The van der Waals surface area contributed by atoms with Gasteiger partial charge in [-0.1, -0.05) is 41.8 Å². The van der Waals surface area contributed by atoms with Gasteiger partial charge in [0.05, 0.1) is 36.3 Å². The van der Waals surface area contributed by atoms with Gasteiger partial charge < -0.3 is 23.7 Å². The first-order valence-electron chi connectivity index (χ1n) is 14.9. The molecule has 0 radical (unpaired) electrons. The minimum absolute atomic E-state index is 0.439. The number of anilines is 2. The lowest BCUT2D eigenvalue weighted by Gasteiger charge is -2.35. The molecule has 0 saturated heterocycles. The lowest BCUT2D eigenvalue weighted by Crippen LogP contribution is -2.32. The molecule has 4 aromatic rings. The number of aromatic nitrogens is 3. The number of carbonyl (C=O) groups is 1. The van der Waals surface area contributed by atoms with E-state index in [4.69, 9.17) is 24.2 Å². The minimum Gasteiger partial charge on any atom is -0.489 e. The summed E-state index contributed by atoms with van der Waals surface area (Å²) in [5.41, 5.74) is 7.48. The number of likely N-dealkylation sites (N-methyl/N-ethyl adjacent to an activating group) is 1. The summed E-state index contributed by atoms with van der Waals surface area (Å²) >= 11 is 1.66. The van der Waals surface area contributed by atoms with E-state index < -0.39 is 17.7 Å². The zero-order chi connectivity index (χ0) is 31.8. The normalized spacial score (nSPS) is 13.9. The molecular weight excluding hydrogens is 574 g/mol. The standard InChI is InChI=1S/C34H43N5O4S/c1-21-10-12-24(13-11-21)28-26-18-22(2)38-14-15-39(33-35-19-25(20-36-33)42-17-16-37(7)44-9)29(30(26)38)23(3)27(28)31(32(40)41-8)43-34(4,5)6/h10-13,18-20,31H,14-17H2,1-9H3/t31-/m0/s1. The highest BCUT2D eigenvalue weighted by Gasteiger charge is 2.37. The van der Waals surface area contributed by atoms with E-state index in [1.807, 2.05) is 34.1 Å². The number of hydrogen-bond acceptors (Lipinski definition) is 9. The van der Waals surface area contributed by atoms with Crippen molar-refractivity contribution in [2.45, 2.75) is 59.8 Å². The lowest BCUT2D eigenvalue weighted by molar-refractivity contribution is -0.164. The van der Waals surface area contributed by atoms with Crippen molar-refractivity contribution in [1.29, 1.82) is 0 Å². The minimum atomic E-state index is -0.944. The molecule has 0 aliphatic carbocycles. The summed E-state index contributed by atoms with van der Waals surface area (Å²) in [6, 6.07) is 10.7. The number of rotatable bonds is 10. The lowest BCUT2D eigenvalue weighted by atomic mass is 9.87. The number of hydrogen-bond donors (Lipinski definition) is 0. The molecule has 0 fully saturated rings. The Labute approximate surface area is 264 Å². The molecule has 0 spiro atoms. The molecule has 1 aliphatic heterocycles.